The summed E-state index contributed by atoms with van der Waals surface area (Å²) in [5.74, 6) is 0. The van der Waals surface area contributed by atoms with Gasteiger partial charge in [0.2, 0.25) is 0 Å². The van der Waals surface area contributed by atoms with E-state index in [0.29, 0.717) is 0 Å². The van der Waals surface area contributed by atoms with Gasteiger partial charge in [-0.15, -0.1) is 0 Å². The van der Waals surface area contributed by atoms with Crippen LogP contribution in [-0.2, 0) is 11.3 Å². The van der Waals surface area contributed by atoms with Crippen LogP contribution in [0, 0.1) is 0 Å². The highest BCUT2D eigenvalue weighted by molar-refractivity contribution is 5.31. The summed E-state index contributed by atoms with van der Waals surface area (Å²) >= 11 is 0. The summed E-state index contributed by atoms with van der Waals surface area (Å²) < 4.78 is 5.67. The molecule has 0 bridgehead atoms. The molecule has 2 heterocycles. The van der Waals surface area contributed by atoms with Crippen LogP contribution < -0.4 is 5.32 Å². The van der Waals surface area contributed by atoms with E-state index in [1.807, 2.05) is 12.3 Å². The molecular formula is C16H18N2O. The van der Waals surface area contributed by atoms with Crippen molar-refractivity contribution in [1.29, 1.82) is 0 Å². The topological polar surface area (TPSA) is 34.1 Å². The van der Waals surface area contributed by atoms with E-state index in [9.17, 15) is 0 Å². The van der Waals surface area contributed by atoms with Gasteiger partial charge in [0.15, 0.2) is 0 Å². The molecule has 0 amide bonds. The summed E-state index contributed by atoms with van der Waals surface area (Å²) in [5.41, 5.74) is 3.83. The molecule has 1 aromatic heterocycles. The molecule has 2 aromatic rings. The molecule has 0 saturated carbocycles. The summed E-state index contributed by atoms with van der Waals surface area (Å²) in [7, 11) is 0. The number of nitrogens with one attached hydrogen (secondary N) is 1. The molecule has 3 heteroatoms. The molecule has 2 atom stereocenters. The van der Waals surface area contributed by atoms with Gasteiger partial charge in [-0.25, -0.2) is 0 Å². The minimum Gasteiger partial charge on any atom is -0.375 e. The number of aromatic nitrogens is 1. The first-order chi connectivity index (χ1) is 9.34. The first-order valence-electron chi connectivity index (χ1n) is 6.66. The van der Waals surface area contributed by atoms with Gasteiger partial charge in [-0.05, 0) is 29.7 Å². The van der Waals surface area contributed by atoms with Gasteiger partial charge in [0, 0.05) is 18.4 Å². The molecule has 1 unspecified atom stereocenters. The normalized spacial score (nSPS) is 19.7. The largest absolute Gasteiger partial charge is 0.375 e. The summed E-state index contributed by atoms with van der Waals surface area (Å²) in [6.07, 6.45) is 3.71. The van der Waals surface area contributed by atoms with Crippen LogP contribution in [0.3, 0.4) is 0 Å². The van der Waals surface area contributed by atoms with Crippen LogP contribution in [0.25, 0.3) is 0 Å². The molecular weight excluding hydrogens is 236 g/mol. The molecule has 0 radical (unpaired) electrons. The van der Waals surface area contributed by atoms with Gasteiger partial charge in [-0.3, -0.25) is 4.98 Å². The van der Waals surface area contributed by atoms with Crippen molar-refractivity contribution in [3.63, 3.8) is 0 Å². The Kier molecular flexibility index (Phi) is 3.58. The maximum absolute atomic E-state index is 5.67. The molecule has 0 aliphatic carbocycles. The molecule has 3 nitrogen and oxygen atoms in total. The van der Waals surface area contributed by atoms with Crippen molar-refractivity contribution in [2.45, 2.75) is 25.6 Å². The quantitative estimate of drug-likeness (QED) is 0.914. The van der Waals surface area contributed by atoms with Crippen LogP contribution in [0.1, 0.15) is 35.7 Å². The number of fused-ring (bicyclic) bond motifs is 1. The first-order valence-corrected chi connectivity index (χ1v) is 6.66. The zero-order chi connectivity index (χ0) is 13.1. The predicted molar refractivity (Wildman–Crippen MR) is 74.6 cm³/mol. The zero-order valence-corrected chi connectivity index (χ0v) is 11.0. The maximum Gasteiger partial charge on any atom is 0.0721 e. The van der Waals surface area contributed by atoms with Gasteiger partial charge < -0.3 is 10.1 Å². The molecule has 1 aliphatic heterocycles. The molecule has 0 saturated heterocycles. The summed E-state index contributed by atoms with van der Waals surface area (Å²) in [6, 6.07) is 13.1. The van der Waals surface area contributed by atoms with E-state index in [4.69, 9.17) is 4.74 Å². The lowest BCUT2D eigenvalue weighted by Gasteiger charge is -2.29. The molecule has 0 spiro atoms. The second-order valence-corrected chi connectivity index (χ2v) is 4.94. The third-order valence-corrected chi connectivity index (χ3v) is 3.61. The highest BCUT2D eigenvalue weighted by Gasteiger charge is 2.21. The van der Waals surface area contributed by atoms with Crippen molar-refractivity contribution in [1.82, 2.24) is 10.3 Å². The Morgan fingerprint density at radius 3 is 3.00 bits per heavy atom. The Labute approximate surface area is 113 Å². The van der Waals surface area contributed by atoms with Crippen LogP contribution in [-0.4, -0.2) is 11.6 Å². The van der Waals surface area contributed by atoms with Gasteiger partial charge in [0.25, 0.3) is 0 Å². The van der Waals surface area contributed by atoms with E-state index in [0.717, 1.165) is 13.2 Å². The third kappa shape index (κ3) is 2.67. The number of pyridine rings is 1. The highest BCUT2D eigenvalue weighted by atomic mass is 16.5. The second kappa shape index (κ2) is 5.51. The van der Waals surface area contributed by atoms with Gasteiger partial charge in [-0.1, -0.05) is 30.3 Å². The molecule has 1 aromatic carbocycles. The molecule has 0 fully saturated rings. The van der Waals surface area contributed by atoms with Crippen LogP contribution in [0.5, 0.6) is 0 Å². The minimum absolute atomic E-state index is 0.250. The van der Waals surface area contributed by atoms with Gasteiger partial charge >= 0.3 is 0 Å². The smallest absolute Gasteiger partial charge is 0.0721 e. The molecule has 1 N–H and O–H groups in total. The van der Waals surface area contributed by atoms with Crippen molar-refractivity contribution in [3.8, 4) is 0 Å². The van der Waals surface area contributed by atoms with E-state index in [-0.39, 0.29) is 12.1 Å². The minimum atomic E-state index is 0.250. The fourth-order valence-electron chi connectivity index (χ4n) is 2.55. The third-order valence-electron chi connectivity index (χ3n) is 3.61. The number of hydrogen-bond donors (Lipinski definition) is 1. The van der Waals surface area contributed by atoms with E-state index < -0.39 is 0 Å². The Balaban J connectivity index is 1.78. The molecule has 1 aliphatic rings. The molecule has 3 rings (SSSR count). The fraction of sp³-hybridized carbons (Fsp3) is 0.312. The number of benzene rings is 1. The standard InChI is InChI=1S/C16H18N2O/c1-12(13-6-4-8-17-9-13)18-16-11-19-10-14-5-2-3-7-15(14)16/h2-9,12,16,18H,10-11H2,1H3/t12-,16?/m1/s1. The summed E-state index contributed by atoms with van der Waals surface area (Å²) in [6.45, 7) is 3.60. The van der Waals surface area contributed by atoms with Crippen molar-refractivity contribution in [3.05, 3.63) is 65.5 Å². The van der Waals surface area contributed by atoms with E-state index in [2.05, 4.69) is 47.6 Å². The van der Waals surface area contributed by atoms with E-state index >= 15 is 0 Å². The molecule has 98 valence electrons. The number of rotatable bonds is 3. The Morgan fingerprint density at radius 2 is 2.16 bits per heavy atom. The van der Waals surface area contributed by atoms with Gasteiger partial charge in [0.1, 0.15) is 0 Å². The predicted octanol–water partition coefficient (Wildman–Crippen LogP) is 3.00. The lowest BCUT2D eigenvalue weighted by Crippen LogP contribution is -2.31. The van der Waals surface area contributed by atoms with Gasteiger partial charge in [-0.2, -0.15) is 0 Å². The summed E-state index contributed by atoms with van der Waals surface area (Å²) in [5, 5.41) is 3.63. The van der Waals surface area contributed by atoms with E-state index in [1.54, 1.807) is 6.20 Å². The zero-order valence-electron chi connectivity index (χ0n) is 11.0. The average Bonchev–Trinajstić information content (AvgIpc) is 2.48. The number of nitrogens with zero attached hydrogens (tertiary/aromatic N) is 1. The van der Waals surface area contributed by atoms with Crippen LogP contribution in [0.2, 0.25) is 0 Å². The SMILES string of the molecule is C[C@@H](NC1COCc2ccccc21)c1cccnc1. The van der Waals surface area contributed by atoms with Crippen LogP contribution in [0.15, 0.2) is 48.8 Å². The number of ether oxygens (including phenoxy) is 1. The number of hydrogen-bond acceptors (Lipinski definition) is 3. The van der Waals surface area contributed by atoms with Crippen molar-refractivity contribution in [2.24, 2.45) is 0 Å². The Hall–Kier alpha value is -1.71. The monoisotopic (exact) mass is 254 g/mol. The van der Waals surface area contributed by atoms with Crippen LogP contribution >= 0.6 is 0 Å². The van der Waals surface area contributed by atoms with Crippen molar-refractivity contribution >= 4 is 0 Å². The fourth-order valence-corrected chi connectivity index (χ4v) is 2.55. The Bertz CT molecular complexity index is 541. The second-order valence-electron chi connectivity index (χ2n) is 4.94. The highest BCUT2D eigenvalue weighted by Crippen LogP contribution is 2.26. The average molecular weight is 254 g/mol. The van der Waals surface area contributed by atoms with E-state index in [1.165, 1.54) is 16.7 Å². The van der Waals surface area contributed by atoms with Crippen molar-refractivity contribution in [2.75, 3.05) is 6.61 Å². The van der Waals surface area contributed by atoms with Crippen molar-refractivity contribution < 1.29 is 4.74 Å². The first kappa shape index (κ1) is 12.3. The van der Waals surface area contributed by atoms with Gasteiger partial charge in [0.05, 0.1) is 19.3 Å². The molecule has 19 heavy (non-hydrogen) atoms. The maximum atomic E-state index is 5.67. The lowest BCUT2D eigenvalue weighted by atomic mass is 9.98. The summed E-state index contributed by atoms with van der Waals surface area (Å²) in [4.78, 5) is 4.17. The lowest BCUT2D eigenvalue weighted by molar-refractivity contribution is 0.0791. The van der Waals surface area contributed by atoms with Crippen LogP contribution in [0.4, 0.5) is 0 Å². The Morgan fingerprint density at radius 1 is 1.26 bits per heavy atom.